The van der Waals surface area contributed by atoms with E-state index in [-0.39, 0.29) is 6.61 Å². The fraction of sp³-hybridized carbons (Fsp3) is 0.833. The first kappa shape index (κ1) is 12.2. The van der Waals surface area contributed by atoms with Crippen molar-refractivity contribution in [2.24, 2.45) is 0 Å². The Labute approximate surface area is 71.6 Å². The number of hydrogen-bond acceptors (Lipinski definition) is 3. The Morgan fingerprint density at radius 1 is 1.46 bits per heavy atom. The van der Waals surface area contributed by atoms with Crippen molar-refractivity contribution in [1.82, 2.24) is 0 Å². The van der Waals surface area contributed by atoms with Crippen molar-refractivity contribution < 1.29 is 31.8 Å². The van der Waals surface area contributed by atoms with Crippen LogP contribution in [0, 0.1) is 0 Å². The average Bonchev–Trinajstić information content (AvgIpc) is 1.99. The van der Waals surface area contributed by atoms with Crippen LogP contribution in [0.25, 0.3) is 0 Å². The molecule has 0 fully saturated rings. The van der Waals surface area contributed by atoms with Crippen LogP contribution in [0.15, 0.2) is 0 Å². The summed E-state index contributed by atoms with van der Waals surface area (Å²) >= 11 is 0. The molecule has 0 heterocycles. The van der Waals surface area contributed by atoms with E-state index in [4.69, 9.17) is 0 Å². The van der Waals surface area contributed by atoms with Crippen molar-refractivity contribution >= 4 is 5.97 Å². The molecule has 0 amide bonds. The largest absolute Gasteiger partial charge is 0.462 e. The molecule has 0 aromatic carbocycles. The molecule has 0 saturated carbocycles. The third-order valence-corrected chi connectivity index (χ3v) is 0.865. The van der Waals surface area contributed by atoms with Crippen LogP contribution in [0.4, 0.5) is 17.6 Å². The van der Waals surface area contributed by atoms with Gasteiger partial charge in [-0.3, -0.25) is 0 Å². The van der Waals surface area contributed by atoms with Gasteiger partial charge in [-0.2, -0.15) is 13.2 Å². The van der Waals surface area contributed by atoms with Gasteiger partial charge in [-0.15, -0.1) is 0 Å². The summed E-state index contributed by atoms with van der Waals surface area (Å²) in [5.41, 5.74) is 0. The predicted octanol–water partition coefficient (Wildman–Crippen LogP) is 1.42. The second kappa shape index (κ2) is 5.00. The molecule has 0 aromatic heterocycles. The molecule has 0 aliphatic heterocycles. The van der Waals surface area contributed by atoms with Crippen LogP contribution in [0.5, 0.6) is 0 Å². The Kier molecular flexibility index (Phi) is 4.68. The van der Waals surface area contributed by atoms with E-state index < -0.39 is 25.1 Å². The lowest BCUT2D eigenvalue weighted by Gasteiger charge is -2.10. The molecule has 0 saturated heterocycles. The van der Waals surface area contributed by atoms with Crippen LogP contribution >= 0.6 is 0 Å². The number of ether oxygens (including phenoxy) is 2. The normalized spacial score (nSPS) is 13.9. The van der Waals surface area contributed by atoms with Gasteiger partial charge in [0.2, 0.25) is 0 Å². The second-order valence-electron chi connectivity index (χ2n) is 1.99. The molecule has 1 atom stereocenters. The van der Waals surface area contributed by atoms with E-state index in [1.165, 1.54) is 6.92 Å². The summed E-state index contributed by atoms with van der Waals surface area (Å²) in [6.45, 7) is -0.532. The van der Waals surface area contributed by atoms with Gasteiger partial charge in [0.05, 0.1) is 6.61 Å². The highest BCUT2D eigenvalue weighted by atomic mass is 19.4. The molecular weight excluding hydrogens is 196 g/mol. The Morgan fingerprint density at radius 2 is 2.00 bits per heavy atom. The molecule has 0 bridgehead atoms. The Hall–Kier alpha value is -0.850. The standard InChI is InChI=1S/C6H8F4O3/c1-2-12-5(11)4(7)13-3-6(8,9)10/h4H,2-3H2,1H3. The second-order valence-corrected chi connectivity index (χ2v) is 1.99. The van der Waals surface area contributed by atoms with E-state index in [1.54, 1.807) is 0 Å². The minimum atomic E-state index is -4.66. The molecule has 0 radical (unpaired) electrons. The lowest BCUT2D eigenvalue weighted by Crippen LogP contribution is -2.27. The first-order chi connectivity index (χ1) is 5.87. The molecular formula is C6H8F4O3. The summed E-state index contributed by atoms with van der Waals surface area (Å²) in [5, 5.41) is 0. The fourth-order valence-electron chi connectivity index (χ4n) is 0.443. The molecule has 0 aliphatic carbocycles. The maximum atomic E-state index is 12.3. The maximum Gasteiger partial charge on any atom is 0.411 e. The molecule has 0 N–H and O–H groups in total. The predicted molar refractivity (Wildman–Crippen MR) is 33.5 cm³/mol. The molecule has 13 heavy (non-hydrogen) atoms. The van der Waals surface area contributed by atoms with Crippen LogP contribution in [-0.4, -0.2) is 31.7 Å². The van der Waals surface area contributed by atoms with Gasteiger partial charge in [-0.25, -0.2) is 9.18 Å². The van der Waals surface area contributed by atoms with Crippen molar-refractivity contribution in [2.45, 2.75) is 19.5 Å². The van der Waals surface area contributed by atoms with E-state index in [0.717, 1.165) is 0 Å². The fourth-order valence-corrected chi connectivity index (χ4v) is 0.443. The lowest BCUT2D eigenvalue weighted by molar-refractivity contribution is -0.211. The zero-order valence-corrected chi connectivity index (χ0v) is 6.73. The lowest BCUT2D eigenvalue weighted by atomic mass is 10.6. The van der Waals surface area contributed by atoms with Gasteiger partial charge in [0.1, 0.15) is 6.61 Å². The number of alkyl halides is 4. The number of halogens is 4. The van der Waals surface area contributed by atoms with Gasteiger partial charge in [-0.05, 0) is 6.92 Å². The van der Waals surface area contributed by atoms with E-state index in [1.807, 2.05) is 0 Å². The number of carbonyl (C=O) groups excluding carboxylic acids is 1. The molecule has 0 spiro atoms. The summed E-state index contributed by atoms with van der Waals surface area (Å²) in [7, 11) is 0. The Bertz CT molecular complexity index is 168. The third-order valence-electron chi connectivity index (χ3n) is 0.865. The highest BCUT2D eigenvalue weighted by molar-refractivity contribution is 5.72. The Balaban J connectivity index is 3.74. The zero-order chi connectivity index (χ0) is 10.5. The first-order valence-electron chi connectivity index (χ1n) is 3.36. The number of carbonyl (C=O) groups is 1. The van der Waals surface area contributed by atoms with Crippen LogP contribution < -0.4 is 0 Å². The average molecular weight is 204 g/mol. The number of hydrogen-bond donors (Lipinski definition) is 0. The van der Waals surface area contributed by atoms with Crippen LogP contribution in [0.2, 0.25) is 0 Å². The van der Waals surface area contributed by atoms with Gasteiger partial charge in [-0.1, -0.05) is 0 Å². The number of rotatable bonds is 4. The van der Waals surface area contributed by atoms with E-state index in [2.05, 4.69) is 9.47 Å². The van der Waals surface area contributed by atoms with Crippen LogP contribution in [0.1, 0.15) is 6.92 Å². The quantitative estimate of drug-likeness (QED) is 0.513. The topological polar surface area (TPSA) is 35.5 Å². The van der Waals surface area contributed by atoms with Gasteiger partial charge in [0, 0.05) is 0 Å². The summed E-state index contributed by atoms with van der Waals surface area (Å²) in [5.74, 6) is -1.45. The number of esters is 1. The van der Waals surface area contributed by atoms with Crippen molar-refractivity contribution in [1.29, 1.82) is 0 Å². The molecule has 3 nitrogen and oxygen atoms in total. The minimum absolute atomic E-state index is 0.116. The van der Waals surface area contributed by atoms with Crippen LogP contribution in [0.3, 0.4) is 0 Å². The van der Waals surface area contributed by atoms with Crippen LogP contribution in [-0.2, 0) is 14.3 Å². The SMILES string of the molecule is CCOC(=O)C(F)OCC(F)(F)F. The highest BCUT2D eigenvalue weighted by Gasteiger charge is 2.31. The molecule has 1 unspecified atom stereocenters. The van der Waals surface area contributed by atoms with Gasteiger partial charge in [0.15, 0.2) is 0 Å². The third kappa shape index (κ3) is 6.32. The summed E-state index contributed by atoms with van der Waals surface area (Å²) in [6, 6.07) is 0. The van der Waals surface area contributed by atoms with Crippen molar-refractivity contribution in [3.05, 3.63) is 0 Å². The van der Waals surface area contributed by atoms with Crippen molar-refractivity contribution in [2.75, 3.05) is 13.2 Å². The molecule has 78 valence electrons. The zero-order valence-electron chi connectivity index (χ0n) is 6.73. The molecule has 0 aliphatic rings. The molecule has 7 heteroatoms. The smallest absolute Gasteiger partial charge is 0.411 e. The highest BCUT2D eigenvalue weighted by Crippen LogP contribution is 2.16. The Morgan fingerprint density at radius 3 is 2.38 bits per heavy atom. The minimum Gasteiger partial charge on any atom is -0.462 e. The molecule has 0 rings (SSSR count). The monoisotopic (exact) mass is 204 g/mol. The van der Waals surface area contributed by atoms with Gasteiger partial charge >= 0.3 is 12.1 Å². The van der Waals surface area contributed by atoms with Gasteiger partial charge in [0.25, 0.3) is 6.36 Å². The van der Waals surface area contributed by atoms with E-state index >= 15 is 0 Å². The van der Waals surface area contributed by atoms with Crippen molar-refractivity contribution in [3.8, 4) is 0 Å². The maximum absolute atomic E-state index is 12.3. The van der Waals surface area contributed by atoms with E-state index in [9.17, 15) is 22.4 Å². The first-order valence-corrected chi connectivity index (χ1v) is 3.36. The summed E-state index contributed by atoms with van der Waals surface area (Å²) in [4.78, 5) is 10.4. The summed E-state index contributed by atoms with van der Waals surface area (Å²) in [6.07, 6.45) is -7.34. The molecule has 0 aromatic rings. The van der Waals surface area contributed by atoms with Crippen molar-refractivity contribution in [3.63, 3.8) is 0 Å². The summed E-state index contributed by atoms with van der Waals surface area (Å²) < 4.78 is 54.2. The van der Waals surface area contributed by atoms with Gasteiger partial charge < -0.3 is 9.47 Å². The van der Waals surface area contributed by atoms with E-state index in [0.29, 0.717) is 0 Å².